The van der Waals surface area contributed by atoms with E-state index < -0.39 is 11.6 Å². The quantitative estimate of drug-likeness (QED) is 0.865. The summed E-state index contributed by atoms with van der Waals surface area (Å²) in [6.45, 7) is 2.48. The van der Waals surface area contributed by atoms with Crippen LogP contribution in [0.25, 0.3) is 0 Å². The Morgan fingerprint density at radius 2 is 2.22 bits per heavy atom. The number of aryl methyl sites for hydroxylation is 2. The molecule has 1 aliphatic heterocycles. The summed E-state index contributed by atoms with van der Waals surface area (Å²) < 4.78 is 32.1. The molecule has 1 amide bonds. The van der Waals surface area contributed by atoms with Crippen LogP contribution in [-0.4, -0.2) is 22.5 Å². The number of aromatic nitrogens is 1. The Kier molecular flexibility index (Phi) is 4.41. The van der Waals surface area contributed by atoms with Crippen molar-refractivity contribution in [2.45, 2.75) is 38.6 Å². The normalized spacial score (nSPS) is 17.7. The van der Waals surface area contributed by atoms with Crippen molar-refractivity contribution in [1.29, 1.82) is 0 Å². The summed E-state index contributed by atoms with van der Waals surface area (Å²) in [4.78, 5) is 14.2. The highest BCUT2D eigenvalue weighted by Crippen LogP contribution is 2.32. The summed E-state index contributed by atoms with van der Waals surface area (Å²) >= 11 is 0. The lowest BCUT2D eigenvalue weighted by atomic mass is 10.1. The molecule has 1 atom stereocenters. The zero-order chi connectivity index (χ0) is 16.4. The molecule has 0 radical (unpaired) electrons. The number of halogens is 2. The Balaban J connectivity index is 1.66. The molecule has 3 rings (SSSR count). The van der Waals surface area contributed by atoms with E-state index in [1.807, 2.05) is 13.0 Å². The van der Waals surface area contributed by atoms with Gasteiger partial charge in [0.05, 0.1) is 11.7 Å². The molecule has 1 aliphatic rings. The topological polar surface area (TPSA) is 46.3 Å². The predicted molar refractivity (Wildman–Crippen MR) is 79.6 cm³/mol. The number of likely N-dealkylation sites (tertiary alicyclic amines) is 1. The van der Waals surface area contributed by atoms with Crippen molar-refractivity contribution < 1.29 is 18.1 Å². The van der Waals surface area contributed by atoms with Gasteiger partial charge in [0.25, 0.3) is 0 Å². The van der Waals surface area contributed by atoms with Crippen LogP contribution in [0.3, 0.4) is 0 Å². The average molecular weight is 320 g/mol. The maximum Gasteiger partial charge on any atom is 0.223 e. The summed E-state index contributed by atoms with van der Waals surface area (Å²) in [5.41, 5.74) is 1.01. The monoisotopic (exact) mass is 320 g/mol. The number of hydrogen-bond acceptors (Lipinski definition) is 3. The summed E-state index contributed by atoms with van der Waals surface area (Å²) in [6, 6.07) is 5.03. The Bertz CT molecular complexity index is 714. The van der Waals surface area contributed by atoms with Crippen LogP contribution in [-0.2, 0) is 11.2 Å². The van der Waals surface area contributed by atoms with Crippen LogP contribution in [0.15, 0.2) is 28.8 Å². The van der Waals surface area contributed by atoms with Crippen molar-refractivity contribution in [2.75, 3.05) is 6.54 Å². The highest BCUT2D eigenvalue weighted by molar-refractivity contribution is 5.77. The van der Waals surface area contributed by atoms with Crippen LogP contribution in [0.1, 0.15) is 42.3 Å². The highest BCUT2D eigenvalue weighted by Gasteiger charge is 2.32. The zero-order valence-corrected chi connectivity index (χ0v) is 12.9. The molecule has 0 bridgehead atoms. The highest BCUT2D eigenvalue weighted by atomic mass is 19.1. The zero-order valence-electron chi connectivity index (χ0n) is 12.9. The van der Waals surface area contributed by atoms with E-state index in [0.29, 0.717) is 12.3 Å². The third-order valence-corrected chi connectivity index (χ3v) is 4.16. The first-order valence-corrected chi connectivity index (χ1v) is 7.71. The average Bonchev–Trinajstić information content (AvgIpc) is 3.16. The fourth-order valence-corrected chi connectivity index (χ4v) is 3.02. The number of carbonyl (C=O) groups is 1. The van der Waals surface area contributed by atoms with Gasteiger partial charge in [-0.25, -0.2) is 8.78 Å². The van der Waals surface area contributed by atoms with Crippen LogP contribution in [0.4, 0.5) is 8.78 Å². The smallest absolute Gasteiger partial charge is 0.223 e. The van der Waals surface area contributed by atoms with Gasteiger partial charge < -0.3 is 9.42 Å². The van der Waals surface area contributed by atoms with E-state index in [4.69, 9.17) is 4.52 Å². The van der Waals surface area contributed by atoms with E-state index >= 15 is 0 Å². The fourth-order valence-electron chi connectivity index (χ4n) is 3.02. The largest absolute Gasteiger partial charge is 0.359 e. The summed E-state index contributed by atoms with van der Waals surface area (Å²) in [5.74, 6) is -0.372. The Labute approximate surface area is 133 Å². The third kappa shape index (κ3) is 3.41. The molecule has 1 aromatic heterocycles. The lowest BCUT2D eigenvalue weighted by Crippen LogP contribution is -2.30. The molecule has 6 heteroatoms. The van der Waals surface area contributed by atoms with Crippen LogP contribution in [0.5, 0.6) is 0 Å². The maximum atomic E-state index is 13.6. The first kappa shape index (κ1) is 15.6. The molecule has 0 unspecified atom stereocenters. The van der Waals surface area contributed by atoms with E-state index in [1.165, 1.54) is 0 Å². The van der Waals surface area contributed by atoms with Gasteiger partial charge in [0.2, 0.25) is 5.91 Å². The minimum atomic E-state index is -0.495. The van der Waals surface area contributed by atoms with Gasteiger partial charge in [-0.05, 0) is 49.9 Å². The molecule has 1 saturated heterocycles. The fraction of sp³-hybridized carbons (Fsp3) is 0.412. The van der Waals surface area contributed by atoms with Crippen LogP contribution in [0, 0.1) is 18.6 Å². The molecule has 1 aromatic carbocycles. The Morgan fingerprint density at radius 1 is 1.39 bits per heavy atom. The molecule has 122 valence electrons. The van der Waals surface area contributed by atoms with Gasteiger partial charge in [-0.1, -0.05) is 5.16 Å². The van der Waals surface area contributed by atoms with E-state index in [-0.39, 0.29) is 30.4 Å². The molecule has 1 fully saturated rings. The van der Waals surface area contributed by atoms with Gasteiger partial charge in [-0.15, -0.1) is 0 Å². The minimum absolute atomic E-state index is 0.0785. The maximum absolute atomic E-state index is 13.6. The van der Waals surface area contributed by atoms with Gasteiger partial charge in [0.1, 0.15) is 11.6 Å². The van der Waals surface area contributed by atoms with E-state index in [9.17, 15) is 13.6 Å². The van der Waals surface area contributed by atoms with Crippen molar-refractivity contribution in [3.63, 3.8) is 0 Å². The van der Waals surface area contributed by atoms with Crippen LogP contribution in [0.2, 0.25) is 0 Å². The molecule has 0 saturated carbocycles. The Morgan fingerprint density at radius 3 is 2.96 bits per heavy atom. The van der Waals surface area contributed by atoms with E-state index in [2.05, 4.69) is 5.16 Å². The second kappa shape index (κ2) is 6.48. The van der Waals surface area contributed by atoms with Gasteiger partial charge in [-0.3, -0.25) is 4.79 Å². The number of carbonyl (C=O) groups excluding carboxylic acids is 1. The second-order valence-electron chi connectivity index (χ2n) is 5.85. The van der Waals surface area contributed by atoms with Crippen molar-refractivity contribution >= 4 is 5.91 Å². The van der Waals surface area contributed by atoms with Gasteiger partial charge in [0.15, 0.2) is 5.76 Å². The molecular weight excluding hydrogens is 302 g/mol. The number of benzene rings is 1. The van der Waals surface area contributed by atoms with Crippen LogP contribution >= 0.6 is 0 Å². The molecule has 4 nitrogen and oxygen atoms in total. The minimum Gasteiger partial charge on any atom is -0.359 e. The molecule has 2 heterocycles. The lowest BCUT2D eigenvalue weighted by molar-refractivity contribution is -0.132. The number of rotatable bonds is 4. The van der Waals surface area contributed by atoms with Crippen molar-refractivity contribution in [2.24, 2.45) is 0 Å². The summed E-state index contributed by atoms with van der Waals surface area (Å²) in [7, 11) is 0. The Hall–Kier alpha value is -2.24. The first-order valence-electron chi connectivity index (χ1n) is 7.71. The third-order valence-electron chi connectivity index (χ3n) is 4.16. The van der Waals surface area contributed by atoms with E-state index in [0.717, 1.165) is 36.7 Å². The van der Waals surface area contributed by atoms with Gasteiger partial charge in [0, 0.05) is 19.0 Å². The molecular formula is C17H18F2N2O2. The van der Waals surface area contributed by atoms with Crippen molar-refractivity contribution in [1.82, 2.24) is 10.1 Å². The van der Waals surface area contributed by atoms with Crippen LogP contribution < -0.4 is 0 Å². The van der Waals surface area contributed by atoms with E-state index in [1.54, 1.807) is 4.90 Å². The number of nitrogens with zero attached hydrogens (tertiary/aromatic N) is 2. The number of hydrogen-bond donors (Lipinski definition) is 0. The summed E-state index contributed by atoms with van der Waals surface area (Å²) in [5, 5.41) is 3.87. The molecule has 0 aliphatic carbocycles. The second-order valence-corrected chi connectivity index (χ2v) is 5.85. The lowest BCUT2D eigenvalue weighted by Gasteiger charge is -2.22. The summed E-state index contributed by atoms with van der Waals surface area (Å²) in [6.07, 6.45) is 2.05. The standard InChI is InChI=1S/C17H18F2N2O2/c1-11-9-16(23-20-11)15-3-2-8-21(15)17(22)7-4-12-10-13(18)5-6-14(12)19/h5-6,9-10,15H,2-4,7-8H2,1H3/t15-/m1/s1. The number of amides is 1. The van der Waals surface area contributed by atoms with Crippen molar-refractivity contribution in [3.8, 4) is 0 Å². The SMILES string of the molecule is Cc1cc([C@H]2CCCN2C(=O)CCc2cc(F)ccc2F)on1. The predicted octanol–water partition coefficient (Wildman–Crippen LogP) is 3.56. The van der Waals surface area contributed by atoms with Gasteiger partial charge >= 0.3 is 0 Å². The first-order chi connectivity index (χ1) is 11.0. The molecule has 0 N–H and O–H groups in total. The van der Waals surface area contributed by atoms with Crippen molar-refractivity contribution in [3.05, 3.63) is 52.9 Å². The molecule has 0 spiro atoms. The molecule has 2 aromatic rings. The van der Waals surface area contributed by atoms with Gasteiger partial charge in [-0.2, -0.15) is 0 Å². The molecule has 23 heavy (non-hydrogen) atoms.